The lowest BCUT2D eigenvalue weighted by molar-refractivity contribution is -0.146. The molecule has 2 aromatic rings. The second-order valence-electron chi connectivity index (χ2n) is 8.59. The summed E-state index contributed by atoms with van der Waals surface area (Å²) in [6.45, 7) is 0. The Hall–Kier alpha value is -2.73. The summed E-state index contributed by atoms with van der Waals surface area (Å²) in [6, 6.07) is 15.9. The van der Waals surface area contributed by atoms with Gasteiger partial charge in [0.2, 0.25) is 17.7 Å². The summed E-state index contributed by atoms with van der Waals surface area (Å²) in [5.41, 5.74) is 1.54. The van der Waals surface area contributed by atoms with Crippen LogP contribution in [0.25, 0.3) is 0 Å². The summed E-state index contributed by atoms with van der Waals surface area (Å²) in [5, 5.41) is 2.91. The van der Waals surface area contributed by atoms with Crippen LogP contribution < -0.4 is 5.32 Å². The topological polar surface area (TPSA) is 66.5 Å². The van der Waals surface area contributed by atoms with Crippen LogP contribution in [0.2, 0.25) is 0 Å². The Morgan fingerprint density at radius 3 is 2.06 bits per heavy atom. The second-order valence-corrected chi connectivity index (χ2v) is 9.51. The Morgan fingerprint density at radius 1 is 0.935 bits per heavy atom. The van der Waals surface area contributed by atoms with E-state index in [2.05, 4.69) is 33.4 Å². The zero-order chi connectivity index (χ0) is 21.5. The van der Waals surface area contributed by atoms with Crippen LogP contribution in [0.3, 0.4) is 0 Å². The van der Waals surface area contributed by atoms with Gasteiger partial charge in [0.1, 0.15) is 6.04 Å². The lowest BCUT2D eigenvalue weighted by atomic mass is 9.63. The van der Waals surface area contributed by atoms with E-state index in [9.17, 15) is 14.4 Å². The molecule has 6 heteroatoms. The molecule has 1 aliphatic heterocycles. The first kappa shape index (κ1) is 20.2. The molecular formula is C25H23BrN2O3. The number of likely N-dealkylation sites (tertiary alicyclic amines) is 1. The predicted molar refractivity (Wildman–Crippen MR) is 121 cm³/mol. The average Bonchev–Trinajstić information content (AvgIpc) is 3.07. The van der Waals surface area contributed by atoms with Gasteiger partial charge in [-0.2, -0.15) is 0 Å². The van der Waals surface area contributed by atoms with Crippen molar-refractivity contribution in [1.29, 1.82) is 0 Å². The first-order chi connectivity index (χ1) is 15.0. The van der Waals surface area contributed by atoms with Crippen LogP contribution in [0.5, 0.6) is 0 Å². The largest absolute Gasteiger partial charge is 0.324 e. The van der Waals surface area contributed by atoms with Gasteiger partial charge in [-0.05, 0) is 54.5 Å². The quantitative estimate of drug-likeness (QED) is 0.517. The normalized spacial score (nSPS) is 27.3. The number of nitrogens with zero attached hydrogens (tertiary/aromatic N) is 1. The molecule has 0 spiro atoms. The van der Waals surface area contributed by atoms with Gasteiger partial charge in [-0.3, -0.25) is 19.3 Å². The monoisotopic (exact) mass is 478 g/mol. The maximum absolute atomic E-state index is 13.5. The van der Waals surface area contributed by atoms with E-state index in [-0.39, 0.29) is 41.4 Å². The molecule has 3 aliphatic carbocycles. The molecule has 158 valence electrons. The molecule has 6 rings (SSSR count). The van der Waals surface area contributed by atoms with E-state index < -0.39 is 6.04 Å². The fourth-order valence-electron chi connectivity index (χ4n) is 5.30. The Labute approximate surface area is 189 Å². The molecule has 1 heterocycles. The molecule has 5 nitrogen and oxygen atoms in total. The highest BCUT2D eigenvalue weighted by Gasteiger charge is 2.58. The lowest BCUT2D eigenvalue weighted by Crippen LogP contribution is -2.49. The molecule has 2 aromatic carbocycles. The average molecular weight is 479 g/mol. The van der Waals surface area contributed by atoms with Gasteiger partial charge in [0, 0.05) is 16.6 Å². The number of allylic oxidation sites excluding steroid dienone is 2. The third kappa shape index (κ3) is 3.63. The van der Waals surface area contributed by atoms with Crippen molar-refractivity contribution in [2.45, 2.75) is 25.3 Å². The Morgan fingerprint density at radius 2 is 1.52 bits per heavy atom. The van der Waals surface area contributed by atoms with Crippen molar-refractivity contribution in [3.8, 4) is 0 Å². The van der Waals surface area contributed by atoms with Crippen LogP contribution in [-0.4, -0.2) is 28.7 Å². The second kappa shape index (κ2) is 8.08. The number of nitrogens with one attached hydrogen (secondary N) is 1. The van der Waals surface area contributed by atoms with E-state index in [1.165, 1.54) is 4.90 Å². The molecule has 2 bridgehead atoms. The molecular weight excluding hydrogens is 456 g/mol. The summed E-state index contributed by atoms with van der Waals surface area (Å²) in [6.07, 6.45) is 6.35. The van der Waals surface area contributed by atoms with Gasteiger partial charge in [0.15, 0.2) is 0 Å². The molecule has 0 unspecified atom stereocenters. The molecule has 4 aliphatic rings. The van der Waals surface area contributed by atoms with Crippen LogP contribution in [0.1, 0.15) is 18.4 Å². The van der Waals surface area contributed by atoms with Gasteiger partial charge in [-0.25, -0.2) is 0 Å². The molecule has 1 saturated carbocycles. The number of carbonyl (C=O) groups is 3. The zero-order valence-electron chi connectivity index (χ0n) is 16.9. The first-order valence-electron chi connectivity index (χ1n) is 10.7. The highest BCUT2D eigenvalue weighted by atomic mass is 79.9. The zero-order valence-corrected chi connectivity index (χ0v) is 18.5. The fourth-order valence-corrected chi connectivity index (χ4v) is 5.57. The maximum atomic E-state index is 13.5. The minimum absolute atomic E-state index is 0.100. The van der Waals surface area contributed by atoms with Gasteiger partial charge in [0.25, 0.3) is 0 Å². The number of imide groups is 1. The number of rotatable bonds is 5. The minimum Gasteiger partial charge on any atom is -0.324 e. The summed E-state index contributed by atoms with van der Waals surface area (Å²) in [4.78, 5) is 41.6. The molecule has 0 aromatic heterocycles. The van der Waals surface area contributed by atoms with E-state index in [1.54, 1.807) is 12.1 Å². The predicted octanol–water partition coefficient (Wildman–Crippen LogP) is 4.20. The molecule has 3 amide bonds. The van der Waals surface area contributed by atoms with Crippen LogP contribution in [-0.2, 0) is 20.8 Å². The smallest absolute Gasteiger partial charge is 0.248 e. The van der Waals surface area contributed by atoms with E-state index in [0.717, 1.165) is 22.9 Å². The Kier molecular flexibility index (Phi) is 5.26. The fraction of sp³-hybridized carbons (Fsp3) is 0.320. The third-order valence-corrected chi connectivity index (χ3v) is 7.32. The number of carbonyl (C=O) groups excluding carboxylic acids is 3. The van der Waals surface area contributed by atoms with Crippen molar-refractivity contribution in [2.75, 3.05) is 5.32 Å². The highest BCUT2D eigenvalue weighted by Crippen LogP contribution is 2.50. The van der Waals surface area contributed by atoms with Crippen molar-refractivity contribution in [3.63, 3.8) is 0 Å². The molecule has 5 atom stereocenters. The van der Waals surface area contributed by atoms with E-state index >= 15 is 0 Å². The SMILES string of the molecule is O=C(Nc1ccc(Br)cc1)[C@H](Cc1ccccc1)N1C(=O)[C@H]2[C@H](C1=O)[C@H]1C=C[C@H]2CC1. The Bertz CT molecular complexity index is 1020. The highest BCUT2D eigenvalue weighted by molar-refractivity contribution is 9.10. The lowest BCUT2D eigenvalue weighted by Gasteiger charge is -2.38. The van der Waals surface area contributed by atoms with Crippen molar-refractivity contribution in [2.24, 2.45) is 23.7 Å². The summed E-state index contributed by atoms with van der Waals surface area (Å²) >= 11 is 3.39. The third-order valence-electron chi connectivity index (χ3n) is 6.79. The number of anilines is 1. The summed E-state index contributed by atoms with van der Waals surface area (Å²) in [5.74, 6) is -1.18. The van der Waals surface area contributed by atoms with Crippen molar-refractivity contribution < 1.29 is 14.4 Å². The van der Waals surface area contributed by atoms with Crippen molar-refractivity contribution >= 4 is 39.3 Å². The molecule has 2 fully saturated rings. The van der Waals surface area contributed by atoms with Gasteiger partial charge < -0.3 is 5.32 Å². The van der Waals surface area contributed by atoms with Crippen LogP contribution in [0, 0.1) is 23.7 Å². The summed E-state index contributed by atoms with van der Waals surface area (Å²) < 4.78 is 0.906. The van der Waals surface area contributed by atoms with Crippen LogP contribution in [0.15, 0.2) is 71.2 Å². The molecule has 1 N–H and O–H groups in total. The van der Waals surface area contributed by atoms with E-state index in [4.69, 9.17) is 0 Å². The molecule has 0 radical (unpaired) electrons. The van der Waals surface area contributed by atoms with Gasteiger partial charge >= 0.3 is 0 Å². The van der Waals surface area contributed by atoms with Crippen LogP contribution in [0.4, 0.5) is 5.69 Å². The number of fused-ring (bicyclic) bond motifs is 1. The maximum Gasteiger partial charge on any atom is 0.248 e. The van der Waals surface area contributed by atoms with Gasteiger partial charge in [-0.1, -0.05) is 58.4 Å². The van der Waals surface area contributed by atoms with E-state index in [1.807, 2.05) is 42.5 Å². The van der Waals surface area contributed by atoms with E-state index in [0.29, 0.717) is 12.1 Å². The number of benzene rings is 2. The molecule has 31 heavy (non-hydrogen) atoms. The number of hydrogen-bond acceptors (Lipinski definition) is 3. The van der Waals surface area contributed by atoms with Gasteiger partial charge in [-0.15, -0.1) is 0 Å². The van der Waals surface area contributed by atoms with Crippen molar-refractivity contribution in [3.05, 3.63) is 76.8 Å². The van der Waals surface area contributed by atoms with Crippen LogP contribution >= 0.6 is 15.9 Å². The first-order valence-corrected chi connectivity index (χ1v) is 11.5. The minimum atomic E-state index is -0.879. The number of amides is 3. The summed E-state index contributed by atoms with van der Waals surface area (Å²) in [7, 11) is 0. The molecule has 1 saturated heterocycles. The number of hydrogen-bond donors (Lipinski definition) is 1. The van der Waals surface area contributed by atoms with Gasteiger partial charge in [0.05, 0.1) is 11.8 Å². The Balaban J connectivity index is 1.46. The van der Waals surface area contributed by atoms with Crippen molar-refractivity contribution in [1.82, 2.24) is 4.90 Å². The number of halogens is 1. The standard InChI is InChI=1S/C25H23BrN2O3/c26-18-10-12-19(13-11-18)27-23(29)20(14-15-4-2-1-3-5-15)28-24(30)21-16-6-7-17(9-8-16)22(21)25(28)31/h1-7,10-13,16-17,20-22H,8-9,14H2,(H,27,29)/t16-,17-,20-,21+,22+/m0/s1.